The second-order valence-corrected chi connectivity index (χ2v) is 4.52. The molecule has 0 aromatic carbocycles. The minimum atomic E-state index is 0.0245. The van der Waals surface area contributed by atoms with E-state index in [1.165, 1.54) is 5.57 Å². The van der Waals surface area contributed by atoms with Crippen molar-refractivity contribution in [1.82, 2.24) is 0 Å². The first-order valence-corrected chi connectivity index (χ1v) is 6.72. The Bertz CT molecular complexity index is 322. The number of hydrogen-bond acceptors (Lipinski definition) is 2. The van der Waals surface area contributed by atoms with Crippen molar-refractivity contribution in [3.05, 3.63) is 23.8 Å². The van der Waals surface area contributed by atoms with Crippen LogP contribution in [0.3, 0.4) is 0 Å². The highest BCUT2D eigenvalue weighted by molar-refractivity contribution is 5.89. The van der Waals surface area contributed by atoms with Crippen LogP contribution in [-0.4, -0.2) is 11.9 Å². The monoisotopic (exact) mass is 236 g/mol. The number of amidine groups is 1. The molecule has 0 aromatic heterocycles. The largest absolute Gasteiger partial charge is 0.387 e. The van der Waals surface area contributed by atoms with Gasteiger partial charge >= 0.3 is 0 Å². The fraction of sp³-hybridized carbons (Fsp3) is 0.667. The Morgan fingerprint density at radius 2 is 1.71 bits per heavy atom. The molecule has 0 bridgehead atoms. The normalized spacial score (nSPS) is 27.7. The van der Waals surface area contributed by atoms with E-state index in [1.807, 2.05) is 27.7 Å². The van der Waals surface area contributed by atoms with Crippen LogP contribution in [0.4, 0.5) is 0 Å². The van der Waals surface area contributed by atoms with Gasteiger partial charge in [-0.05, 0) is 6.92 Å². The molecule has 1 aliphatic carbocycles. The summed E-state index contributed by atoms with van der Waals surface area (Å²) in [5.74, 6) is 1.25. The van der Waals surface area contributed by atoms with Gasteiger partial charge in [0.15, 0.2) is 0 Å². The quantitative estimate of drug-likeness (QED) is 0.680. The molecule has 0 fully saturated rings. The molecular weight excluding hydrogens is 208 g/mol. The minimum absolute atomic E-state index is 0.0245. The molecular formula is C15H28N2. The Morgan fingerprint density at radius 3 is 2.24 bits per heavy atom. The number of hydrogen-bond donors (Lipinski definition) is 1. The molecule has 98 valence electrons. The van der Waals surface area contributed by atoms with Crippen LogP contribution in [0.5, 0.6) is 0 Å². The van der Waals surface area contributed by atoms with E-state index in [4.69, 9.17) is 5.73 Å². The van der Waals surface area contributed by atoms with Crippen LogP contribution in [-0.2, 0) is 0 Å². The lowest BCUT2D eigenvalue weighted by Crippen LogP contribution is -2.35. The average Bonchev–Trinajstić information content (AvgIpc) is 2.57. The van der Waals surface area contributed by atoms with E-state index < -0.39 is 0 Å². The van der Waals surface area contributed by atoms with Crippen molar-refractivity contribution in [3.63, 3.8) is 0 Å². The summed E-state index contributed by atoms with van der Waals surface area (Å²) >= 11 is 0. The first-order valence-electron chi connectivity index (χ1n) is 6.72. The van der Waals surface area contributed by atoms with Gasteiger partial charge in [-0.1, -0.05) is 65.3 Å². The van der Waals surface area contributed by atoms with E-state index in [9.17, 15) is 0 Å². The summed E-state index contributed by atoms with van der Waals surface area (Å²) in [6, 6.07) is 0.277. The number of rotatable bonds is 0. The summed E-state index contributed by atoms with van der Waals surface area (Å²) in [6.07, 6.45) is 6.56. The highest BCUT2D eigenvalue weighted by Gasteiger charge is 2.42. The fourth-order valence-electron chi connectivity index (χ4n) is 2.06. The number of nitrogens with two attached hydrogens (primary N) is 1. The molecule has 2 atom stereocenters. The SMILES string of the molecule is CC.CC.CC1=CC2C(C=C1)N=C(N)C2(C)C. The van der Waals surface area contributed by atoms with Crippen LogP contribution in [0.2, 0.25) is 0 Å². The Morgan fingerprint density at radius 1 is 1.18 bits per heavy atom. The molecule has 0 saturated heterocycles. The average molecular weight is 236 g/mol. The zero-order valence-electron chi connectivity index (χ0n) is 12.4. The van der Waals surface area contributed by atoms with Crippen molar-refractivity contribution in [2.45, 2.75) is 54.5 Å². The summed E-state index contributed by atoms with van der Waals surface area (Å²) in [4.78, 5) is 4.46. The second-order valence-electron chi connectivity index (χ2n) is 4.52. The molecule has 2 N–H and O–H groups in total. The van der Waals surface area contributed by atoms with Gasteiger partial charge in [0, 0.05) is 11.3 Å². The van der Waals surface area contributed by atoms with E-state index in [0.717, 1.165) is 5.84 Å². The first-order chi connectivity index (χ1) is 8.01. The van der Waals surface area contributed by atoms with Crippen LogP contribution in [0.25, 0.3) is 0 Å². The topological polar surface area (TPSA) is 38.4 Å². The molecule has 2 nitrogen and oxygen atoms in total. The van der Waals surface area contributed by atoms with E-state index in [0.29, 0.717) is 5.92 Å². The van der Waals surface area contributed by atoms with E-state index >= 15 is 0 Å². The minimum Gasteiger partial charge on any atom is -0.387 e. The Labute approximate surface area is 107 Å². The third-order valence-electron chi connectivity index (χ3n) is 3.15. The third kappa shape index (κ3) is 3.21. The molecule has 0 saturated carbocycles. The number of nitrogens with zero attached hydrogens (tertiary/aromatic N) is 1. The first kappa shape index (κ1) is 16.0. The van der Waals surface area contributed by atoms with Crippen molar-refractivity contribution in [1.29, 1.82) is 0 Å². The Balaban J connectivity index is 0.000000581. The molecule has 1 heterocycles. The zero-order chi connectivity index (χ0) is 13.6. The van der Waals surface area contributed by atoms with Gasteiger partial charge < -0.3 is 5.73 Å². The summed E-state index contributed by atoms with van der Waals surface area (Å²) in [5.41, 5.74) is 7.25. The second kappa shape index (κ2) is 6.63. The van der Waals surface area contributed by atoms with Gasteiger partial charge in [-0.15, -0.1) is 0 Å². The molecule has 2 rings (SSSR count). The van der Waals surface area contributed by atoms with Gasteiger partial charge in [-0.3, -0.25) is 4.99 Å². The number of fused-ring (bicyclic) bond motifs is 1. The van der Waals surface area contributed by atoms with Crippen LogP contribution in [0.15, 0.2) is 28.8 Å². The molecule has 0 radical (unpaired) electrons. The maximum Gasteiger partial charge on any atom is 0.101 e. The summed E-state index contributed by atoms with van der Waals surface area (Å²) in [5, 5.41) is 0. The smallest absolute Gasteiger partial charge is 0.101 e. The van der Waals surface area contributed by atoms with Crippen LogP contribution in [0, 0.1) is 11.3 Å². The molecule has 2 aliphatic rings. The summed E-state index contributed by atoms with van der Waals surface area (Å²) in [6.45, 7) is 14.5. The van der Waals surface area contributed by atoms with E-state index in [1.54, 1.807) is 0 Å². The lowest BCUT2D eigenvalue weighted by atomic mass is 9.74. The molecule has 1 aliphatic heterocycles. The Kier molecular flexibility index (Phi) is 6.22. The summed E-state index contributed by atoms with van der Waals surface area (Å²) < 4.78 is 0. The van der Waals surface area contributed by atoms with Crippen LogP contribution < -0.4 is 5.73 Å². The van der Waals surface area contributed by atoms with Gasteiger partial charge in [0.1, 0.15) is 5.84 Å². The standard InChI is InChI=1S/C11H16N2.2C2H6/c1-7-4-5-9-8(6-7)11(2,3)10(12)13-9;2*1-2/h4-6,8-9H,1-3H3,(H2,12,13);2*1-2H3. The van der Waals surface area contributed by atoms with E-state index in [-0.39, 0.29) is 11.5 Å². The van der Waals surface area contributed by atoms with Crippen LogP contribution >= 0.6 is 0 Å². The lowest BCUT2D eigenvalue weighted by molar-refractivity contribution is 0.377. The van der Waals surface area contributed by atoms with Crippen molar-refractivity contribution < 1.29 is 0 Å². The van der Waals surface area contributed by atoms with Gasteiger partial charge in [-0.25, -0.2) is 0 Å². The predicted octanol–water partition coefficient (Wildman–Crippen LogP) is 3.94. The maximum absolute atomic E-state index is 5.90. The summed E-state index contributed by atoms with van der Waals surface area (Å²) in [7, 11) is 0. The van der Waals surface area contributed by atoms with E-state index in [2.05, 4.69) is 44.0 Å². The Hall–Kier alpha value is -1.05. The van der Waals surface area contributed by atoms with Gasteiger partial charge in [0.05, 0.1) is 6.04 Å². The van der Waals surface area contributed by atoms with Crippen molar-refractivity contribution in [3.8, 4) is 0 Å². The number of allylic oxidation sites excluding steroid dienone is 2. The zero-order valence-corrected chi connectivity index (χ0v) is 12.4. The van der Waals surface area contributed by atoms with Crippen molar-refractivity contribution in [2.24, 2.45) is 22.1 Å². The molecule has 2 heteroatoms. The molecule has 17 heavy (non-hydrogen) atoms. The number of aliphatic imine (C=N–C) groups is 1. The van der Waals surface area contributed by atoms with Gasteiger partial charge in [-0.2, -0.15) is 0 Å². The maximum atomic E-state index is 5.90. The lowest BCUT2D eigenvalue weighted by Gasteiger charge is -2.28. The fourth-order valence-corrected chi connectivity index (χ4v) is 2.06. The van der Waals surface area contributed by atoms with Crippen LogP contribution in [0.1, 0.15) is 48.5 Å². The molecule has 2 unspecified atom stereocenters. The van der Waals surface area contributed by atoms with Crippen molar-refractivity contribution >= 4 is 5.84 Å². The molecule has 0 spiro atoms. The highest BCUT2D eigenvalue weighted by Crippen LogP contribution is 2.40. The van der Waals surface area contributed by atoms with Gasteiger partial charge in [0.25, 0.3) is 0 Å². The third-order valence-corrected chi connectivity index (χ3v) is 3.15. The van der Waals surface area contributed by atoms with Gasteiger partial charge in [0.2, 0.25) is 0 Å². The molecule has 0 aromatic rings. The predicted molar refractivity (Wildman–Crippen MR) is 78.3 cm³/mol. The highest BCUT2D eigenvalue weighted by atomic mass is 15.0. The molecule has 0 amide bonds. The van der Waals surface area contributed by atoms with Crippen molar-refractivity contribution in [2.75, 3.05) is 0 Å².